The molecule has 0 atom stereocenters. The van der Waals surface area contributed by atoms with Gasteiger partial charge >= 0.3 is 0 Å². The molecule has 0 spiro atoms. The average molecular weight is 480 g/mol. The highest BCUT2D eigenvalue weighted by molar-refractivity contribution is 6.39. The van der Waals surface area contributed by atoms with Gasteiger partial charge in [0.25, 0.3) is 0 Å². The van der Waals surface area contributed by atoms with Crippen molar-refractivity contribution < 1.29 is 0 Å². The van der Waals surface area contributed by atoms with Gasteiger partial charge in [0.2, 0.25) is 0 Å². The van der Waals surface area contributed by atoms with Crippen molar-refractivity contribution in [3.05, 3.63) is 101 Å². The molecule has 0 aliphatic rings. The standard InChI is InChI=1S/C33H13N5/c34-14-27-24-12-23-22-10-5-11-38-33(22)32-21-9-4-2-7-19(21)18-6-1-3-8-20(18)31(32)26(23)13-25(24)28(15-35)30(17-37)29(27)16-36/h1-13H. The maximum absolute atomic E-state index is 10.1. The van der Waals surface area contributed by atoms with Crippen LogP contribution in [0.5, 0.6) is 0 Å². The zero-order valence-corrected chi connectivity index (χ0v) is 19.7. The Labute approximate surface area is 216 Å². The van der Waals surface area contributed by atoms with Crippen LogP contribution < -0.4 is 0 Å². The number of hydrogen-bond donors (Lipinski definition) is 0. The number of rotatable bonds is 0. The molecule has 7 aromatic rings. The largest absolute Gasteiger partial charge is 0.256 e. The first-order chi connectivity index (χ1) is 18.7. The number of aromatic nitrogens is 1. The van der Waals surface area contributed by atoms with E-state index in [0.717, 1.165) is 54.0 Å². The van der Waals surface area contributed by atoms with Crippen molar-refractivity contribution >= 4 is 64.8 Å². The second-order valence-corrected chi connectivity index (χ2v) is 9.13. The molecule has 38 heavy (non-hydrogen) atoms. The number of pyridine rings is 1. The van der Waals surface area contributed by atoms with E-state index in [4.69, 9.17) is 4.98 Å². The number of nitrogens with zero attached hydrogens (tertiary/aromatic N) is 5. The van der Waals surface area contributed by atoms with E-state index in [-0.39, 0.29) is 22.3 Å². The molecule has 1 aromatic heterocycles. The average Bonchev–Trinajstić information content (AvgIpc) is 2.98. The van der Waals surface area contributed by atoms with Crippen LogP contribution in [0.15, 0.2) is 79.0 Å². The molecule has 0 bridgehead atoms. The van der Waals surface area contributed by atoms with E-state index in [9.17, 15) is 21.0 Å². The minimum atomic E-state index is -0.0712. The first-order valence-corrected chi connectivity index (χ1v) is 11.9. The third kappa shape index (κ3) is 2.57. The van der Waals surface area contributed by atoms with Crippen molar-refractivity contribution in [3.8, 4) is 24.3 Å². The van der Waals surface area contributed by atoms with Gasteiger partial charge in [-0.2, -0.15) is 21.0 Å². The third-order valence-corrected chi connectivity index (χ3v) is 7.43. The summed E-state index contributed by atoms with van der Waals surface area (Å²) >= 11 is 0. The summed E-state index contributed by atoms with van der Waals surface area (Å²) in [6, 6.07) is 32.4. The van der Waals surface area contributed by atoms with Crippen LogP contribution in [0.25, 0.3) is 64.8 Å². The second kappa shape index (κ2) is 7.74. The number of nitriles is 4. The predicted molar refractivity (Wildman–Crippen MR) is 148 cm³/mol. The lowest BCUT2D eigenvalue weighted by atomic mass is 9.85. The molecule has 0 aliphatic carbocycles. The summed E-state index contributed by atoms with van der Waals surface area (Å²) in [4.78, 5) is 4.82. The Bertz CT molecular complexity index is 2380. The fourth-order valence-electron chi connectivity index (χ4n) is 5.91. The molecular weight excluding hydrogens is 466 g/mol. The van der Waals surface area contributed by atoms with Crippen molar-refractivity contribution in [2.24, 2.45) is 0 Å². The van der Waals surface area contributed by atoms with Crippen LogP contribution in [0.2, 0.25) is 0 Å². The molecule has 5 heteroatoms. The van der Waals surface area contributed by atoms with Gasteiger partial charge in [-0.3, -0.25) is 4.98 Å². The van der Waals surface area contributed by atoms with E-state index in [1.54, 1.807) is 6.20 Å². The van der Waals surface area contributed by atoms with Gasteiger partial charge in [-0.05, 0) is 50.5 Å². The fraction of sp³-hybridized carbons (Fsp3) is 0. The van der Waals surface area contributed by atoms with Gasteiger partial charge in [0.1, 0.15) is 24.3 Å². The molecule has 0 N–H and O–H groups in total. The van der Waals surface area contributed by atoms with Crippen molar-refractivity contribution in [1.29, 1.82) is 21.0 Å². The fourth-order valence-corrected chi connectivity index (χ4v) is 5.91. The smallest absolute Gasteiger partial charge is 0.102 e. The molecule has 1 heterocycles. The van der Waals surface area contributed by atoms with Crippen LogP contribution in [-0.4, -0.2) is 4.98 Å². The van der Waals surface area contributed by atoms with Crippen LogP contribution in [0.4, 0.5) is 0 Å². The Balaban J connectivity index is 1.91. The number of fused-ring (bicyclic) bond motifs is 12. The molecule has 0 fully saturated rings. The van der Waals surface area contributed by atoms with E-state index in [0.29, 0.717) is 10.8 Å². The van der Waals surface area contributed by atoms with Crippen LogP contribution in [0.1, 0.15) is 22.3 Å². The normalized spacial score (nSPS) is 11.1. The first-order valence-electron chi connectivity index (χ1n) is 11.9. The van der Waals surface area contributed by atoms with Crippen molar-refractivity contribution in [2.45, 2.75) is 0 Å². The minimum absolute atomic E-state index is 0.0690. The van der Waals surface area contributed by atoms with Gasteiger partial charge in [0.05, 0.1) is 27.8 Å². The van der Waals surface area contributed by atoms with E-state index in [1.165, 1.54) is 0 Å². The van der Waals surface area contributed by atoms with Gasteiger partial charge in [-0.15, -0.1) is 0 Å². The summed E-state index contributed by atoms with van der Waals surface area (Å²) in [6.07, 6.45) is 1.78. The van der Waals surface area contributed by atoms with Crippen molar-refractivity contribution in [2.75, 3.05) is 0 Å². The van der Waals surface area contributed by atoms with E-state index < -0.39 is 0 Å². The molecular formula is C33H13N5. The van der Waals surface area contributed by atoms with Crippen molar-refractivity contribution in [3.63, 3.8) is 0 Å². The lowest BCUT2D eigenvalue weighted by Gasteiger charge is -2.17. The van der Waals surface area contributed by atoms with Gasteiger partial charge < -0.3 is 0 Å². The SMILES string of the molecule is N#Cc1c(C#N)c(C#N)c2cc3c(cc2c1C#N)c1cccnc1c1c2ccccc2c2ccccc2c31. The van der Waals surface area contributed by atoms with Crippen molar-refractivity contribution in [1.82, 2.24) is 4.98 Å². The van der Waals surface area contributed by atoms with Crippen LogP contribution >= 0.6 is 0 Å². The maximum Gasteiger partial charge on any atom is 0.102 e. The van der Waals surface area contributed by atoms with Crippen LogP contribution in [-0.2, 0) is 0 Å². The van der Waals surface area contributed by atoms with Gasteiger partial charge in [0.15, 0.2) is 0 Å². The van der Waals surface area contributed by atoms with Crippen LogP contribution in [0.3, 0.4) is 0 Å². The Morgan fingerprint density at radius 3 is 1.45 bits per heavy atom. The highest BCUT2D eigenvalue weighted by Crippen LogP contribution is 2.45. The molecule has 0 radical (unpaired) electrons. The Kier molecular flexibility index (Phi) is 4.34. The molecule has 170 valence electrons. The molecule has 5 nitrogen and oxygen atoms in total. The highest BCUT2D eigenvalue weighted by atomic mass is 14.6. The summed E-state index contributed by atoms with van der Waals surface area (Å²) in [7, 11) is 0. The molecule has 0 amide bonds. The van der Waals surface area contributed by atoms with E-state index in [2.05, 4.69) is 36.4 Å². The predicted octanol–water partition coefficient (Wildman–Crippen LogP) is 7.49. The lowest BCUT2D eigenvalue weighted by Crippen LogP contribution is -1.98. The summed E-state index contributed by atoms with van der Waals surface area (Å²) in [6.45, 7) is 0. The maximum atomic E-state index is 10.1. The highest BCUT2D eigenvalue weighted by Gasteiger charge is 2.23. The number of hydrogen-bond acceptors (Lipinski definition) is 5. The summed E-state index contributed by atoms with van der Waals surface area (Å²) in [5.74, 6) is 0. The third-order valence-electron chi connectivity index (χ3n) is 7.43. The Hall–Kier alpha value is -6.01. The van der Waals surface area contributed by atoms with Gasteiger partial charge in [-0.1, -0.05) is 54.6 Å². The second-order valence-electron chi connectivity index (χ2n) is 9.13. The molecule has 0 saturated carbocycles. The summed E-state index contributed by atoms with van der Waals surface area (Å²) in [5.41, 5.74) is 0.896. The lowest BCUT2D eigenvalue weighted by molar-refractivity contribution is 1.39. The van der Waals surface area contributed by atoms with Gasteiger partial charge in [-0.25, -0.2) is 0 Å². The Morgan fingerprint density at radius 1 is 0.421 bits per heavy atom. The minimum Gasteiger partial charge on any atom is -0.256 e. The van der Waals surface area contributed by atoms with E-state index >= 15 is 0 Å². The molecule has 0 saturated heterocycles. The molecule has 7 rings (SSSR count). The quantitative estimate of drug-likeness (QED) is 0.165. The molecule has 6 aromatic carbocycles. The Morgan fingerprint density at radius 2 is 0.895 bits per heavy atom. The first kappa shape index (κ1) is 21.3. The topological polar surface area (TPSA) is 108 Å². The van der Waals surface area contributed by atoms with E-state index in [1.807, 2.05) is 60.7 Å². The monoisotopic (exact) mass is 479 g/mol. The number of benzene rings is 6. The zero-order chi connectivity index (χ0) is 26.0. The van der Waals surface area contributed by atoms with Gasteiger partial charge in [0, 0.05) is 33.1 Å². The molecule has 0 unspecified atom stereocenters. The summed E-state index contributed by atoms with van der Waals surface area (Å²) < 4.78 is 0. The van der Waals surface area contributed by atoms with Crippen LogP contribution in [0, 0.1) is 45.3 Å². The zero-order valence-electron chi connectivity index (χ0n) is 19.7. The summed E-state index contributed by atoms with van der Waals surface area (Å²) in [5, 5.41) is 49.8. The molecule has 0 aliphatic heterocycles.